The molecule has 0 saturated heterocycles. The first-order valence-electron chi connectivity index (χ1n) is 4.82. The Morgan fingerprint density at radius 2 is 2.20 bits per heavy atom. The topological polar surface area (TPSA) is 61.3 Å². The van der Waals surface area contributed by atoms with Crippen LogP contribution in [0.2, 0.25) is 0 Å². The van der Waals surface area contributed by atoms with Gasteiger partial charge in [0.25, 0.3) is 0 Å². The molecule has 0 aliphatic rings. The lowest BCUT2D eigenvalue weighted by molar-refractivity contribution is 0.0726. The molecule has 0 aromatic carbocycles. The van der Waals surface area contributed by atoms with Gasteiger partial charge in [-0.25, -0.2) is 0 Å². The molecule has 0 aliphatic carbocycles. The van der Waals surface area contributed by atoms with Crippen LogP contribution in [0.25, 0.3) is 0 Å². The van der Waals surface area contributed by atoms with E-state index in [0.717, 1.165) is 10.7 Å². The fourth-order valence-corrected chi connectivity index (χ4v) is 1.58. The first kappa shape index (κ1) is 12.4. The molecule has 86 valence electrons. The van der Waals surface area contributed by atoms with Crippen LogP contribution in [0.5, 0.6) is 0 Å². The summed E-state index contributed by atoms with van der Waals surface area (Å²) in [6, 6.07) is 0. The SMILES string of the molecule is CNc1snnc1CN(C)C(C)(C)CO. The average molecular weight is 230 g/mol. The van der Waals surface area contributed by atoms with Crippen molar-refractivity contribution >= 4 is 16.5 Å². The molecule has 0 saturated carbocycles. The van der Waals surface area contributed by atoms with Crippen LogP contribution < -0.4 is 5.32 Å². The monoisotopic (exact) mass is 230 g/mol. The zero-order valence-corrected chi connectivity index (χ0v) is 10.4. The highest BCUT2D eigenvalue weighted by atomic mass is 32.1. The Morgan fingerprint density at radius 3 is 2.73 bits per heavy atom. The highest BCUT2D eigenvalue weighted by Crippen LogP contribution is 2.21. The minimum absolute atomic E-state index is 0.121. The van der Waals surface area contributed by atoms with E-state index in [0.29, 0.717) is 6.54 Å². The van der Waals surface area contributed by atoms with E-state index in [2.05, 4.69) is 19.8 Å². The summed E-state index contributed by atoms with van der Waals surface area (Å²) in [4.78, 5) is 2.06. The summed E-state index contributed by atoms with van der Waals surface area (Å²) in [5, 5.41) is 17.3. The standard InChI is InChI=1S/C9H18N4OS/c1-9(2,6-14)13(4)5-7-8(10-3)15-12-11-7/h10,14H,5-6H2,1-4H3. The van der Waals surface area contributed by atoms with Crippen LogP contribution in [-0.2, 0) is 6.54 Å². The zero-order chi connectivity index (χ0) is 11.5. The van der Waals surface area contributed by atoms with Crippen LogP contribution in [0.4, 0.5) is 5.00 Å². The Bertz CT molecular complexity index is 313. The van der Waals surface area contributed by atoms with Crippen molar-refractivity contribution < 1.29 is 5.11 Å². The number of aliphatic hydroxyl groups excluding tert-OH is 1. The van der Waals surface area contributed by atoms with Gasteiger partial charge in [-0.05, 0) is 20.9 Å². The number of rotatable bonds is 5. The van der Waals surface area contributed by atoms with Crippen LogP contribution in [0, 0.1) is 0 Å². The Hall–Kier alpha value is -0.720. The molecule has 2 N–H and O–H groups in total. The molecule has 6 heteroatoms. The zero-order valence-electron chi connectivity index (χ0n) is 9.61. The highest BCUT2D eigenvalue weighted by molar-refractivity contribution is 7.10. The summed E-state index contributed by atoms with van der Waals surface area (Å²) in [6.07, 6.45) is 0. The molecule has 0 fully saturated rings. The third kappa shape index (κ3) is 2.87. The Balaban J connectivity index is 2.70. The molecule has 1 aromatic heterocycles. The van der Waals surface area contributed by atoms with Gasteiger partial charge >= 0.3 is 0 Å². The second-order valence-electron chi connectivity index (χ2n) is 4.13. The number of likely N-dealkylation sites (N-methyl/N-ethyl adjacent to an activating group) is 1. The maximum absolute atomic E-state index is 9.23. The number of anilines is 1. The summed E-state index contributed by atoms with van der Waals surface area (Å²) in [6.45, 7) is 4.79. The van der Waals surface area contributed by atoms with E-state index < -0.39 is 0 Å². The largest absolute Gasteiger partial charge is 0.394 e. The van der Waals surface area contributed by atoms with E-state index in [1.165, 1.54) is 11.5 Å². The molecule has 1 heterocycles. The molecule has 1 aromatic rings. The summed E-state index contributed by atoms with van der Waals surface area (Å²) in [7, 11) is 3.82. The third-order valence-electron chi connectivity index (χ3n) is 2.59. The Labute approximate surface area is 94.3 Å². The molecule has 15 heavy (non-hydrogen) atoms. The van der Waals surface area contributed by atoms with E-state index in [1.54, 1.807) is 0 Å². The van der Waals surface area contributed by atoms with Crippen molar-refractivity contribution in [3.05, 3.63) is 5.69 Å². The van der Waals surface area contributed by atoms with Crippen LogP contribution in [-0.4, -0.2) is 45.8 Å². The van der Waals surface area contributed by atoms with Gasteiger partial charge in [0.1, 0.15) is 10.7 Å². The number of nitrogens with zero attached hydrogens (tertiary/aromatic N) is 3. The number of aliphatic hydroxyl groups is 1. The van der Waals surface area contributed by atoms with E-state index in [9.17, 15) is 5.11 Å². The molecule has 0 radical (unpaired) electrons. The smallest absolute Gasteiger partial charge is 0.134 e. The quantitative estimate of drug-likeness (QED) is 0.783. The normalized spacial score (nSPS) is 12.1. The van der Waals surface area contributed by atoms with Gasteiger partial charge in [0.2, 0.25) is 0 Å². The van der Waals surface area contributed by atoms with Gasteiger partial charge in [-0.15, -0.1) is 5.10 Å². The molecule has 0 atom stereocenters. The molecule has 0 amide bonds. The molecule has 0 bridgehead atoms. The molecule has 5 nitrogen and oxygen atoms in total. The van der Waals surface area contributed by atoms with Crippen molar-refractivity contribution in [1.29, 1.82) is 0 Å². The van der Waals surface area contributed by atoms with Gasteiger partial charge in [0, 0.05) is 30.7 Å². The van der Waals surface area contributed by atoms with Crippen LogP contribution in [0.3, 0.4) is 0 Å². The van der Waals surface area contributed by atoms with Crippen molar-refractivity contribution in [3.8, 4) is 0 Å². The predicted octanol–water partition coefficient (Wildman–Crippen LogP) is 0.782. The third-order valence-corrected chi connectivity index (χ3v) is 3.38. The Kier molecular flexibility index (Phi) is 4.01. The number of hydrogen-bond donors (Lipinski definition) is 2. The van der Waals surface area contributed by atoms with Gasteiger partial charge in [-0.1, -0.05) is 4.49 Å². The maximum Gasteiger partial charge on any atom is 0.134 e. The summed E-state index contributed by atoms with van der Waals surface area (Å²) < 4.78 is 3.89. The van der Waals surface area contributed by atoms with E-state index in [1.807, 2.05) is 27.9 Å². The summed E-state index contributed by atoms with van der Waals surface area (Å²) >= 11 is 1.35. The molecule has 0 aliphatic heterocycles. The van der Waals surface area contributed by atoms with Crippen molar-refractivity contribution in [2.45, 2.75) is 25.9 Å². The lowest BCUT2D eigenvalue weighted by Gasteiger charge is -2.33. The number of nitrogens with one attached hydrogen (secondary N) is 1. The summed E-state index contributed by atoms with van der Waals surface area (Å²) in [5.74, 6) is 0. The highest BCUT2D eigenvalue weighted by Gasteiger charge is 2.24. The molecule has 1 rings (SSSR count). The van der Waals surface area contributed by atoms with E-state index in [4.69, 9.17) is 0 Å². The molecular weight excluding hydrogens is 212 g/mol. The lowest BCUT2D eigenvalue weighted by atomic mass is 10.1. The van der Waals surface area contributed by atoms with Gasteiger partial charge in [0.15, 0.2) is 0 Å². The minimum atomic E-state index is -0.241. The maximum atomic E-state index is 9.23. The van der Waals surface area contributed by atoms with Gasteiger partial charge in [-0.2, -0.15) is 0 Å². The predicted molar refractivity (Wildman–Crippen MR) is 62.1 cm³/mol. The van der Waals surface area contributed by atoms with Gasteiger partial charge in [0.05, 0.1) is 6.61 Å². The lowest BCUT2D eigenvalue weighted by Crippen LogP contribution is -2.43. The number of aromatic nitrogens is 2. The van der Waals surface area contributed by atoms with Crippen LogP contribution >= 0.6 is 11.5 Å². The Morgan fingerprint density at radius 1 is 1.53 bits per heavy atom. The van der Waals surface area contributed by atoms with Crippen molar-refractivity contribution in [1.82, 2.24) is 14.5 Å². The van der Waals surface area contributed by atoms with Gasteiger partial charge in [-0.3, -0.25) is 4.90 Å². The van der Waals surface area contributed by atoms with Crippen molar-refractivity contribution in [2.24, 2.45) is 0 Å². The van der Waals surface area contributed by atoms with E-state index >= 15 is 0 Å². The first-order valence-corrected chi connectivity index (χ1v) is 5.59. The fourth-order valence-electron chi connectivity index (χ4n) is 1.06. The van der Waals surface area contributed by atoms with Crippen molar-refractivity contribution in [3.63, 3.8) is 0 Å². The second kappa shape index (κ2) is 4.87. The second-order valence-corrected chi connectivity index (χ2v) is 4.88. The van der Waals surface area contributed by atoms with Crippen molar-refractivity contribution in [2.75, 3.05) is 26.0 Å². The van der Waals surface area contributed by atoms with Crippen LogP contribution in [0.15, 0.2) is 0 Å². The minimum Gasteiger partial charge on any atom is -0.394 e. The molecule has 0 unspecified atom stereocenters. The van der Waals surface area contributed by atoms with Gasteiger partial charge < -0.3 is 10.4 Å². The van der Waals surface area contributed by atoms with Crippen LogP contribution in [0.1, 0.15) is 19.5 Å². The molecular formula is C9H18N4OS. The fraction of sp³-hybridized carbons (Fsp3) is 0.778. The van der Waals surface area contributed by atoms with E-state index in [-0.39, 0.29) is 12.1 Å². The number of hydrogen-bond acceptors (Lipinski definition) is 6. The molecule has 0 spiro atoms. The average Bonchev–Trinajstić information content (AvgIpc) is 2.65. The first-order chi connectivity index (χ1) is 7.01. The summed E-state index contributed by atoms with van der Waals surface area (Å²) in [5.41, 5.74) is 0.681.